The molecule has 2 aliphatic rings. The molecule has 0 amide bonds. The maximum atomic E-state index is 11.5. The van der Waals surface area contributed by atoms with Crippen molar-refractivity contribution in [1.29, 1.82) is 0 Å². The van der Waals surface area contributed by atoms with E-state index < -0.39 is 5.79 Å². The van der Waals surface area contributed by atoms with Gasteiger partial charge in [-0.3, -0.25) is 0 Å². The Bertz CT molecular complexity index is 423. The van der Waals surface area contributed by atoms with E-state index in [1.165, 1.54) is 0 Å². The van der Waals surface area contributed by atoms with Crippen LogP contribution in [0.1, 0.15) is 37.2 Å². The highest BCUT2D eigenvalue weighted by atomic mass is 16.7. The third kappa shape index (κ3) is 2.58. The van der Waals surface area contributed by atoms with Crippen molar-refractivity contribution in [3.8, 4) is 0 Å². The van der Waals surface area contributed by atoms with Gasteiger partial charge in [0.2, 0.25) is 0 Å². The van der Waals surface area contributed by atoms with Gasteiger partial charge in [-0.2, -0.15) is 0 Å². The number of aldehydes is 1. The third-order valence-electron chi connectivity index (χ3n) is 4.36. The maximum Gasteiger partial charge on any atom is 0.168 e. The van der Waals surface area contributed by atoms with E-state index in [2.05, 4.69) is 0 Å². The van der Waals surface area contributed by atoms with Crippen LogP contribution in [-0.2, 0) is 14.3 Å². The van der Waals surface area contributed by atoms with E-state index in [1.807, 2.05) is 30.3 Å². The van der Waals surface area contributed by atoms with E-state index in [1.54, 1.807) is 0 Å². The first kappa shape index (κ1) is 12.8. The van der Waals surface area contributed by atoms with Crippen molar-refractivity contribution >= 4 is 6.29 Å². The second kappa shape index (κ2) is 5.43. The lowest BCUT2D eigenvalue weighted by Crippen LogP contribution is -2.38. The molecule has 1 unspecified atom stereocenters. The van der Waals surface area contributed by atoms with Crippen LogP contribution in [0.15, 0.2) is 30.3 Å². The van der Waals surface area contributed by atoms with Gasteiger partial charge >= 0.3 is 0 Å². The van der Waals surface area contributed by atoms with E-state index >= 15 is 0 Å². The summed E-state index contributed by atoms with van der Waals surface area (Å²) in [4.78, 5) is 11.5. The Morgan fingerprint density at radius 2 is 1.95 bits per heavy atom. The highest BCUT2D eigenvalue weighted by Crippen LogP contribution is 2.43. The maximum absolute atomic E-state index is 11.5. The summed E-state index contributed by atoms with van der Waals surface area (Å²) < 4.78 is 11.6. The molecule has 1 saturated heterocycles. The summed E-state index contributed by atoms with van der Waals surface area (Å²) >= 11 is 0. The van der Waals surface area contributed by atoms with E-state index in [0.717, 1.165) is 37.5 Å². The molecule has 3 nitrogen and oxygen atoms in total. The largest absolute Gasteiger partial charge is 0.348 e. The summed E-state index contributed by atoms with van der Waals surface area (Å²) in [7, 11) is 0. The number of hydrogen-bond donors (Lipinski definition) is 0. The number of rotatable bonds is 3. The van der Waals surface area contributed by atoms with Gasteiger partial charge < -0.3 is 14.3 Å². The first-order chi connectivity index (χ1) is 9.33. The monoisotopic (exact) mass is 260 g/mol. The summed E-state index contributed by atoms with van der Waals surface area (Å²) in [6.07, 6.45) is 5.04. The first-order valence-electron chi connectivity index (χ1n) is 7.11. The van der Waals surface area contributed by atoms with Crippen molar-refractivity contribution in [2.45, 2.75) is 37.4 Å². The standard InChI is InChI=1S/C16H20O3/c17-12-15(13-5-2-1-3-6-13)14-7-4-8-16(11-14)18-9-10-19-16/h1-3,5-6,12,14-15H,4,7-11H2/t14-,15?/m1/s1. The molecule has 1 aliphatic heterocycles. The molecule has 1 aromatic carbocycles. The van der Waals surface area contributed by atoms with Crippen molar-refractivity contribution in [2.75, 3.05) is 13.2 Å². The van der Waals surface area contributed by atoms with Crippen LogP contribution >= 0.6 is 0 Å². The molecule has 0 N–H and O–H groups in total. The van der Waals surface area contributed by atoms with Crippen molar-refractivity contribution < 1.29 is 14.3 Å². The minimum atomic E-state index is -0.404. The molecular formula is C16H20O3. The fourth-order valence-electron chi connectivity index (χ4n) is 3.44. The second-order valence-electron chi connectivity index (χ2n) is 5.54. The molecular weight excluding hydrogens is 240 g/mol. The average molecular weight is 260 g/mol. The first-order valence-corrected chi connectivity index (χ1v) is 7.11. The van der Waals surface area contributed by atoms with Gasteiger partial charge in [0, 0.05) is 18.8 Å². The Kier molecular flexibility index (Phi) is 3.67. The molecule has 1 aromatic rings. The molecule has 1 saturated carbocycles. The van der Waals surface area contributed by atoms with Crippen LogP contribution in [0, 0.1) is 5.92 Å². The zero-order valence-corrected chi connectivity index (χ0v) is 11.1. The van der Waals surface area contributed by atoms with E-state index in [0.29, 0.717) is 19.1 Å². The van der Waals surface area contributed by atoms with E-state index in [4.69, 9.17) is 9.47 Å². The lowest BCUT2D eigenvalue weighted by atomic mass is 9.75. The van der Waals surface area contributed by atoms with Crippen molar-refractivity contribution in [1.82, 2.24) is 0 Å². The fraction of sp³-hybridized carbons (Fsp3) is 0.562. The Balaban J connectivity index is 1.78. The van der Waals surface area contributed by atoms with Gasteiger partial charge in [0.05, 0.1) is 13.2 Å². The highest BCUT2D eigenvalue weighted by Gasteiger charge is 2.43. The minimum absolute atomic E-state index is 0.0359. The van der Waals surface area contributed by atoms with Gasteiger partial charge in [0.15, 0.2) is 5.79 Å². The quantitative estimate of drug-likeness (QED) is 0.784. The molecule has 102 valence electrons. The van der Waals surface area contributed by atoms with Crippen LogP contribution in [0.3, 0.4) is 0 Å². The molecule has 2 fully saturated rings. The van der Waals surface area contributed by atoms with Crippen LogP contribution in [-0.4, -0.2) is 25.3 Å². The van der Waals surface area contributed by atoms with Gasteiger partial charge in [0.25, 0.3) is 0 Å². The molecule has 1 spiro atoms. The summed E-state index contributed by atoms with van der Waals surface area (Å²) in [5.41, 5.74) is 1.11. The zero-order chi connectivity index (χ0) is 13.1. The normalized spacial score (nSPS) is 27.3. The number of carbonyl (C=O) groups excluding carboxylic acids is 1. The van der Waals surface area contributed by atoms with Gasteiger partial charge in [-0.1, -0.05) is 30.3 Å². The van der Waals surface area contributed by atoms with E-state index in [9.17, 15) is 4.79 Å². The molecule has 1 heterocycles. The highest BCUT2D eigenvalue weighted by molar-refractivity contribution is 5.62. The Hall–Kier alpha value is -1.19. The molecule has 19 heavy (non-hydrogen) atoms. The van der Waals surface area contributed by atoms with Crippen molar-refractivity contribution in [3.05, 3.63) is 35.9 Å². The molecule has 1 aliphatic carbocycles. The predicted molar refractivity (Wildman–Crippen MR) is 71.8 cm³/mol. The van der Waals surface area contributed by atoms with Crippen LogP contribution in [0.25, 0.3) is 0 Å². The van der Waals surface area contributed by atoms with Crippen LogP contribution in [0.2, 0.25) is 0 Å². The Labute approximate surface area is 113 Å². The summed E-state index contributed by atoms with van der Waals surface area (Å²) in [5, 5.41) is 0. The predicted octanol–water partition coefficient (Wildman–Crippen LogP) is 2.90. The van der Waals surface area contributed by atoms with Crippen molar-refractivity contribution in [3.63, 3.8) is 0 Å². The van der Waals surface area contributed by atoms with Gasteiger partial charge in [-0.15, -0.1) is 0 Å². The van der Waals surface area contributed by atoms with Crippen LogP contribution in [0.5, 0.6) is 0 Å². The zero-order valence-electron chi connectivity index (χ0n) is 11.1. The van der Waals surface area contributed by atoms with Gasteiger partial charge in [-0.25, -0.2) is 0 Å². The van der Waals surface area contributed by atoms with E-state index in [-0.39, 0.29) is 5.92 Å². The number of ether oxygens (including phenoxy) is 2. The summed E-state index contributed by atoms with van der Waals surface area (Å²) in [6.45, 7) is 1.37. The molecule has 2 atom stereocenters. The number of hydrogen-bond acceptors (Lipinski definition) is 3. The topological polar surface area (TPSA) is 35.5 Å². The lowest BCUT2D eigenvalue weighted by molar-refractivity contribution is -0.188. The van der Waals surface area contributed by atoms with Crippen molar-refractivity contribution in [2.24, 2.45) is 5.92 Å². The number of benzene rings is 1. The summed E-state index contributed by atoms with van der Waals surface area (Å²) in [5.74, 6) is -0.114. The summed E-state index contributed by atoms with van der Waals surface area (Å²) in [6, 6.07) is 10.0. The van der Waals surface area contributed by atoms with Gasteiger partial charge in [-0.05, 0) is 24.3 Å². The molecule has 3 rings (SSSR count). The second-order valence-corrected chi connectivity index (χ2v) is 5.54. The third-order valence-corrected chi connectivity index (χ3v) is 4.36. The smallest absolute Gasteiger partial charge is 0.168 e. The fourth-order valence-corrected chi connectivity index (χ4v) is 3.44. The Morgan fingerprint density at radius 3 is 2.63 bits per heavy atom. The van der Waals surface area contributed by atoms with Crippen LogP contribution < -0.4 is 0 Å². The number of carbonyl (C=O) groups is 1. The minimum Gasteiger partial charge on any atom is -0.348 e. The molecule has 3 heteroatoms. The molecule has 0 radical (unpaired) electrons. The lowest BCUT2D eigenvalue weighted by Gasteiger charge is -2.38. The average Bonchev–Trinajstić information content (AvgIpc) is 2.89. The molecule has 0 aromatic heterocycles. The Morgan fingerprint density at radius 1 is 1.21 bits per heavy atom. The van der Waals surface area contributed by atoms with Crippen LogP contribution in [0.4, 0.5) is 0 Å². The molecule has 0 bridgehead atoms. The SMILES string of the molecule is O=CC(c1ccccc1)[C@@H]1CCCC2(C1)OCCO2. The van der Waals surface area contributed by atoms with Gasteiger partial charge in [0.1, 0.15) is 6.29 Å².